The van der Waals surface area contributed by atoms with Crippen LogP contribution >= 0.6 is 0 Å². The second-order valence-corrected chi connectivity index (χ2v) is 3.40. The average Bonchev–Trinajstić information content (AvgIpc) is 2.62. The van der Waals surface area contributed by atoms with Gasteiger partial charge in [-0.15, -0.1) is 13.2 Å². The minimum atomic E-state index is -4.73. The zero-order chi connectivity index (χ0) is 12.5. The Morgan fingerprint density at radius 1 is 1.29 bits per heavy atom. The van der Waals surface area contributed by atoms with Crippen LogP contribution in [0, 0.1) is 0 Å². The molecule has 0 aromatic heterocycles. The first-order valence-electron chi connectivity index (χ1n) is 4.79. The first kappa shape index (κ1) is 11.5. The maximum atomic E-state index is 12.0. The fraction of sp³-hybridized carbons (Fsp3) is 0.182. The monoisotopic (exact) mass is 243 g/mol. The summed E-state index contributed by atoms with van der Waals surface area (Å²) in [6.45, 7) is 0.355. The summed E-state index contributed by atoms with van der Waals surface area (Å²) in [6.07, 6.45) is -1.72. The molecule has 0 fully saturated rings. The third kappa shape index (κ3) is 2.77. The fourth-order valence-electron chi connectivity index (χ4n) is 1.52. The van der Waals surface area contributed by atoms with E-state index in [1.165, 1.54) is 29.2 Å². The van der Waals surface area contributed by atoms with E-state index in [4.69, 9.17) is 0 Å². The van der Waals surface area contributed by atoms with Crippen LogP contribution in [0.15, 0.2) is 36.4 Å². The molecule has 0 saturated heterocycles. The lowest BCUT2D eigenvalue weighted by atomic mass is 10.3. The van der Waals surface area contributed by atoms with Crippen molar-refractivity contribution in [3.05, 3.63) is 36.4 Å². The summed E-state index contributed by atoms with van der Waals surface area (Å²) in [5, 5.41) is 0. The van der Waals surface area contributed by atoms with Gasteiger partial charge in [0.15, 0.2) is 0 Å². The second-order valence-electron chi connectivity index (χ2n) is 3.40. The third-order valence-corrected chi connectivity index (χ3v) is 2.18. The van der Waals surface area contributed by atoms with Crippen LogP contribution in [0.5, 0.6) is 5.75 Å². The largest absolute Gasteiger partial charge is 0.573 e. The quantitative estimate of drug-likeness (QED) is 0.798. The van der Waals surface area contributed by atoms with Crippen molar-refractivity contribution in [2.45, 2.75) is 6.36 Å². The van der Waals surface area contributed by atoms with Crippen molar-refractivity contribution in [1.29, 1.82) is 0 Å². The SMILES string of the molecule is O=C1C=CCN1c1cccc(OC(F)(F)F)c1. The van der Waals surface area contributed by atoms with E-state index in [1.807, 2.05) is 0 Å². The molecule has 0 unspecified atom stereocenters. The molecule has 17 heavy (non-hydrogen) atoms. The van der Waals surface area contributed by atoms with Crippen molar-refractivity contribution >= 4 is 11.6 Å². The Labute approximate surface area is 95.1 Å². The topological polar surface area (TPSA) is 29.5 Å². The molecular weight excluding hydrogens is 235 g/mol. The summed E-state index contributed by atoms with van der Waals surface area (Å²) in [7, 11) is 0. The lowest BCUT2D eigenvalue weighted by molar-refractivity contribution is -0.274. The molecule has 90 valence electrons. The Balaban J connectivity index is 2.20. The lowest BCUT2D eigenvalue weighted by Crippen LogP contribution is -2.24. The van der Waals surface area contributed by atoms with E-state index >= 15 is 0 Å². The Morgan fingerprint density at radius 2 is 2.06 bits per heavy atom. The number of carbonyl (C=O) groups is 1. The molecule has 1 aliphatic rings. The van der Waals surface area contributed by atoms with Crippen molar-refractivity contribution in [2.24, 2.45) is 0 Å². The van der Waals surface area contributed by atoms with Gasteiger partial charge >= 0.3 is 6.36 Å². The number of amides is 1. The number of alkyl halides is 3. The second kappa shape index (κ2) is 4.12. The van der Waals surface area contributed by atoms with Crippen LogP contribution < -0.4 is 9.64 Å². The van der Waals surface area contributed by atoms with E-state index in [0.717, 1.165) is 0 Å². The molecule has 0 bridgehead atoms. The van der Waals surface area contributed by atoms with Crippen LogP contribution in [-0.4, -0.2) is 18.8 Å². The van der Waals surface area contributed by atoms with E-state index in [9.17, 15) is 18.0 Å². The molecular formula is C11H8F3NO2. The van der Waals surface area contributed by atoms with E-state index in [-0.39, 0.29) is 11.7 Å². The van der Waals surface area contributed by atoms with Gasteiger partial charge in [-0.25, -0.2) is 0 Å². The standard InChI is InChI=1S/C11H8F3NO2/c12-11(13,14)17-9-4-1-3-8(7-9)15-6-2-5-10(15)16/h1-5,7H,6H2. The molecule has 0 aliphatic carbocycles. The molecule has 0 radical (unpaired) electrons. The number of benzene rings is 1. The Kier molecular flexibility index (Phi) is 2.79. The first-order chi connectivity index (χ1) is 7.96. The Bertz CT molecular complexity index is 468. The van der Waals surface area contributed by atoms with Crippen molar-refractivity contribution in [3.63, 3.8) is 0 Å². The predicted molar refractivity (Wildman–Crippen MR) is 54.6 cm³/mol. The smallest absolute Gasteiger partial charge is 0.406 e. The van der Waals surface area contributed by atoms with Gasteiger partial charge in [0.05, 0.1) is 0 Å². The number of ether oxygens (including phenoxy) is 1. The molecule has 0 N–H and O–H groups in total. The maximum absolute atomic E-state index is 12.0. The van der Waals surface area contributed by atoms with Crippen molar-refractivity contribution in [3.8, 4) is 5.75 Å². The van der Waals surface area contributed by atoms with Crippen molar-refractivity contribution in [2.75, 3.05) is 11.4 Å². The third-order valence-electron chi connectivity index (χ3n) is 2.18. The van der Waals surface area contributed by atoms with Gasteiger partial charge in [0.25, 0.3) is 5.91 Å². The predicted octanol–water partition coefficient (Wildman–Crippen LogP) is 2.49. The highest BCUT2D eigenvalue weighted by atomic mass is 19.4. The van der Waals surface area contributed by atoms with Gasteiger partial charge in [0.2, 0.25) is 0 Å². The van der Waals surface area contributed by atoms with Crippen LogP contribution in [-0.2, 0) is 4.79 Å². The number of carbonyl (C=O) groups excluding carboxylic acids is 1. The van der Waals surface area contributed by atoms with Gasteiger partial charge in [-0.3, -0.25) is 4.79 Å². The van der Waals surface area contributed by atoms with Crippen LogP contribution in [0.4, 0.5) is 18.9 Å². The van der Waals surface area contributed by atoms with Gasteiger partial charge in [-0.1, -0.05) is 12.1 Å². The van der Waals surface area contributed by atoms with E-state index < -0.39 is 6.36 Å². The normalized spacial score (nSPS) is 15.5. The van der Waals surface area contributed by atoms with E-state index in [1.54, 1.807) is 12.1 Å². The number of hydrogen-bond donors (Lipinski definition) is 0. The number of rotatable bonds is 2. The number of halogens is 3. The number of nitrogens with zero attached hydrogens (tertiary/aromatic N) is 1. The minimum Gasteiger partial charge on any atom is -0.406 e. The molecule has 1 amide bonds. The van der Waals surface area contributed by atoms with Crippen LogP contribution in [0.25, 0.3) is 0 Å². The van der Waals surface area contributed by atoms with E-state index in [0.29, 0.717) is 12.2 Å². The fourth-order valence-corrected chi connectivity index (χ4v) is 1.52. The zero-order valence-electron chi connectivity index (χ0n) is 8.57. The molecule has 1 aromatic carbocycles. The summed E-state index contributed by atoms with van der Waals surface area (Å²) < 4.78 is 39.8. The summed E-state index contributed by atoms with van der Waals surface area (Å²) in [5.74, 6) is -0.594. The Hall–Kier alpha value is -1.98. The zero-order valence-corrected chi connectivity index (χ0v) is 8.57. The van der Waals surface area contributed by atoms with Gasteiger partial charge in [-0.2, -0.15) is 0 Å². The first-order valence-corrected chi connectivity index (χ1v) is 4.79. The molecule has 1 aliphatic heterocycles. The van der Waals surface area contributed by atoms with Crippen LogP contribution in [0.2, 0.25) is 0 Å². The maximum Gasteiger partial charge on any atom is 0.573 e. The molecule has 0 saturated carbocycles. The van der Waals surface area contributed by atoms with Crippen molar-refractivity contribution in [1.82, 2.24) is 0 Å². The average molecular weight is 243 g/mol. The highest BCUT2D eigenvalue weighted by Crippen LogP contribution is 2.27. The number of hydrogen-bond acceptors (Lipinski definition) is 2. The van der Waals surface area contributed by atoms with E-state index in [2.05, 4.69) is 4.74 Å². The molecule has 0 spiro atoms. The van der Waals surface area contributed by atoms with Crippen molar-refractivity contribution < 1.29 is 22.7 Å². The molecule has 6 heteroatoms. The number of anilines is 1. The van der Waals surface area contributed by atoms with Crippen LogP contribution in [0.1, 0.15) is 0 Å². The van der Waals surface area contributed by atoms with Gasteiger partial charge < -0.3 is 9.64 Å². The highest BCUT2D eigenvalue weighted by molar-refractivity contribution is 6.04. The minimum absolute atomic E-state index is 0.255. The van der Waals surface area contributed by atoms with Gasteiger partial charge in [0.1, 0.15) is 5.75 Å². The molecule has 1 heterocycles. The molecule has 1 aromatic rings. The van der Waals surface area contributed by atoms with Gasteiger partial charge in [-0.05, 0) is 12.1 Å². The molecule has 3 nitrogen and oxygen atoms in total. The summed E-state index contributed by atoms with van der Waals surface area (Å²) in [6, 6.07) is 5.32. The summed E-state index contributed by atoms with van der Waals surface area (Å²) >= 11 is 0. The molecule has 2 rings (SSSR count). The highest BCUT2D eigenvalue weighted by Gasteiger charge is 2.31. The lowest BCUT2D eigenvalue weighted by Gasteiger charge is -2.17. The van der Waals surface area contributed by atoms with Crippen LogP contribution in [0.3, 0.4) is 0 Å². The summed E-state index contributed by atoms with van der Waals surface area (Å²) in [4.78, 5) is 12.7. The summed E-state index contributed by atoms with van der Waals surface area (Å²) in [5.41, 5.74) is 0.377. The van der Waals surface area contributed by atoms with Gasteiger partial charge in [0, 0.05) is 24.4 Å². The Morgan fingerprint density at radius 3 is 2.65 bits per heavy atom. The molecule has 0 atom stereocenters.